The number of carbonyl (C=O) groups excluding carboxylic acids is 1. The Labute approximate surface area is 168 Å². The zero-order valence-corrected chi connectivity index (χ0v) is 17.4. The molecular weight excluding hydrogens is 408 g/mol. The maximum Gasteiger partial charge on any atom is 0.262 e. The molecule has 6 nitrogen and oxygen atoms in total. The first-order valence-corrected chi connectivity index (χ1v) is 11.3. The molecule has 1 amide bonds. The SMILES string of the molecule is CCCNS(=O)(=O)c1ccc(OCC(=O)Nc2ccccc2SC)c(Cl)c1. The molecule has 0 unspecified atom stereocenters. The zero-order chi connectivity index (χ0) is 19.9. The largest absolute Gasteiger partial charge is 0.482 e. The van der Waals surface area contributed by atoms with Crippen molar-refractivity contribution in [2.24, 2.45) is 0 Å². The average Bonchev–Trinajstić information content (AvgIpc) is 2.65. The molecular formula is C18H21ClN2O4S2. The molecule has 0 aliphatic heterocycles. The van der Waals surface area contributed by atoms with Crippen molar-refractivity contribution >= 4 is 45.0 Å². The number of carbonyl (C=O) groups is 1. The van der Waals surface area contributed by atoms with Crippen LogP contribution < -0.4 is 14.8 Å². The van der Waals surface area contributed by atoms with E-state index in [1.807, 2.05) is 31.4 Å². The number of nitrogens with one attached hydrogen (secondary N) is 2. The summed E-state index contributed by atoms with van der Waals surface area (Å²) in [5.74, 6) is -0.103. The molecule has 0 radical (unpaired) electrons. The lowest BCUT2D eigenvalue weighted by Gasteiger charge is -2.12. The maximum atomic E-state index is 12.1. The number of benzene rings is 2. The van der Waals surface area contributed by atoms with Crippen LogP contribution in [0.5, 0.6) is 5.75 Å². The minimum Gasteiger partial charge on any atom is -0.482 e. The van der Waals surface area contributed by atoms with E-state index in [4.69, 9.17) is 16.3 Å². The van der Waals surface area contributed by atoms with Gasteiger partial charge in [-0.05, 0) is 43.0 Å². The third-order valence-corrected chi connectivity index (χ3v) is 6.05. The van der Waals surface area contributed by atoms with Gasteiger partial charge in [0.2, 0.25) is 10.0 Å². The van der Waals surface area contributed by atoms with Crippen LogP contribution in [0.25, 0.3) is 0 Å². The first-order valence-electron chi connectivity index (χ1n) is 8.22. The molecule has 0 aliphatic carbocycles. The van der Waals surface area contributed by atoms with E-state index in [0.29, 0.717) is 18.7 Å². The third-order valence-electron chi connectivity index (χ3n) is 3.50. The monoisotopic (exact) mass is 428 g/mol. The fraction of sp³-hybridized carbons (Fsp3) is 0.278. The summed E-state index contributed by atoms with van der Waals surface area (Å²) in [5.41, 5.74) is 0.702. The van der Waals surface area contributed by atoms with Gasteiger partial charge < -0.3 is 10.1 Å². The smallest absolute Gasteiger partial charge is 0.262 e. The van der Waals surface area contributed by atoms with Gasteiger partial charge >= 0.3 is 0 Å². The second kappa shape index (κ2) is 9.98. The predicted molar refractivity (Wildman–Crippen MR) is 109 cm³/mol. The second-order valence-electron chi connectivity index (χ2n) is 5.53. The quantitative estimate of drug-likeness (QED) is 0.594. The van der Waals surface area contributed by atoms with Gasteiger partial charge in [-0.1, -0.05) is 30.7 Å². The van der Waals surface area contributed by atoms with Gasteiger partial charge in [-0.25, -0.2) is 13.1 Å². The van der Waals surface area contributed by atoms with Crippen LogP contribution in [0.4, 0.5) is 5.69 Å². The van der Waals surface area contributed by atoms with Gasteiger partial charge in [-0.3, -0.25) is 4.79 Å². The number of hydrogen-bond donors (Lipinski definition) is 2. The Morgan fingerprint density at radius 1 is 1.22 bits per heavy atom. The second-order valence-corrected chi connectivity index (χ2v) is 8.55. The highest BCUT2D eigenvalue weighted by atomic mass is 35.5. The molecule has 0 aliphatic rings. The van der Waals surface area contributed by atoms with Crippen molar-refractivity contribution in [3.05, 3.63) is 47.5 Å². The van der Waals surface area contributed by atoms with Gasteiger partial charge in [0.25, 0.3) is 5.91 Å². The Hall–Kier alpha value is -1.74. The minimum absolute atomic E-state index is 0.0478. The van der Waals surface area contributed by atoms with Gasteiger partial charge in [-0.2, -0.15) is 0 Å². The molecule has 2 aromatic carbocycles. The highest BCUT2D eigenvalue weighted by molar-refractivity contribution is 7.98. The highest BCUT2D eigenvalue weighted by Gasteiger charge is 2.16. The topological polar surface area (TPSA) is 84.5 Å². The number of sulfonamides is 1. The number of ether oxygens (including phenoxy) is 1. The number of thioether (sulfide) groups is 1. The van der Waals surface area contributed by atoms with Crippen LogP contribution in [0.2, 0.25) is 5.02 Å². The lowest BCUT2D eigenvalue weighted by Crippen LogP contribution is -2.24. The number of para-hydroxylation sites is 1. The lowest BCUT2D eigenvalue weighted by molar-refractivity contribution is -0.118. The summed E-state index contributed by atoms with van der Waals surface area (Å²) in [6, 6.07) is 11.6. The first-order chi connectivity index (χ1) is 12.9. The Kier molecular flexibility index (Phi) is 7.97. The summed E-state index contributed by atoms with van der Waals surface area (Å²) in [7, 11) is -3.61. The summed E-state index contributed by atoms with van der Waals surface area (Å²) in [6.45, 7) is 1.97. The van der Waals surface area contributed by atoms with Gasteiger partial charge in [0.1, 0.15) is 5.75 Å². The van der Waals surface area contributed by atoms with Crippen molar-refractivity contribution in [1.82, 2.24) is 4.72 Å². The van der Waals surface area contributed by atoms with E-state index >= 15 is 0 Å². The van der Waals surface area contributed by atoms with E-state index in [2.05, 4.69) is 10.0 Å². The van der Waals surface area contributed by atoms with Crippen molar-refractivity contribution in [3.8, 4) is 5.75 Å². The Morgan fingerprint density at radius 2 is 1.96 bits per heavy atom. The average molecular weight is 429 g/mol. The van der Waals surface area contributed by atoms with E-state index in [1.165, 1.54) is 30.0 Å². The number of hydrogen-bond acceptors (Lipinski definition) is 5. The minimum atomic E-state index is -3.61. The van der Waals surface area contributed by atoms with Crippen LogP contribution in [-0.4, -0.2) is 33.7 Å². The van der Waals surface area contributed by atoms with Crippen molar-refractivity contribution in [1.29, 1.82) is 0 Å². The fourth-order valence-electron chi connectivity index (χ4n) is 2.16. The number of halogens is 1. The lowest BCUT2D eigenvalue weighted by atomic mass is 10.3. The highest BCUT2D eigenvalue weighted by Crippen LogP contribution is 2.28. The van der Waals surface area contributed by atoms with E-state index in [0.717, 1.165) is 4.90 Å². The van der Waals surface area contributed by atoms with Crippen molar-refractivity contribution in [3.63, 3.8) is 0 Å². The molecule has 0 saturated carbocycles. The molecule has 0 bridgehead atoms. The third kappa shape index (κ3) is 6.14. The van der Waals surface area contributed by atoms with Crippen LogP contribution in [0.15, 0.2) is 52.3 Å². The molecule has 0 spiro atoms. The summed E-state index contributed by atoms with van der Waals surface area (Å²) in [5, 5.41) is 2.89. The van der Waals surface area contributed by atoms with Crippen LogP contribution in [0.3, 0.4) is 0 Å². The van der Waals surface area contributed by atoms with Gasteiger partial charge in [-0.15, -0.1) is 11.8 Å². The molecule has 0 heterocycles. The van der Waals surface area contributed by atoms with Crippen molar-refractivity contribution in [2.45, 2.75) is 23.1 Å². The van der Waals surface area contributed by atoms with Crippen molar-refractivity contribution in [2.75, 3.05) is 24.7 Å². The molecule has 27 heavy (non-hydrogen) atoms. The fourth-order valence-corrected chi connectivity index (χ4v) is 4.18. The zero-order valence-electron chi connectivity index (χ0n) is 15.0. The van der Waals surface area contributed by atoms with Gasteiger partial charge in [0.15, 0.2) is 6.61 Å². The summed E-state index contributed by atoms with van der Waals surface area (Å²) >= 11 is 7.63. The van der Waals surface area contributed by atoms with E-state index < -0.39 is 10.0 Å². The molecule has 2 aromatic rings. The molecule has 146 valence electrons. The van der Waals surface area contributed by atoms with E-state index in [9.17, 15) is 13.2 Å². The first kappa shape index (κ1) is 21.6. The number of rotatable bonds is 9. The molecule has 0 saturated heterocycles. The van der Waals surface area contributed by atoms with E-state index in [1.54, 1.807) is 6.07 Å². The van der Waals surface area contributed by atoms with Crippen molar-refractivity contribution < 1.29 is 17.9 Å². The van der Waals surface area contributed by atoms with Crippen LogP contribution in [0, 0.1) is 0 Å². The summed E-state index contributed by atoms with van der Waals surface area (Å²) in [6.07, 6.45) is 2.61. The molecule has 0 fully saturated rings. The molecule has 2 N–H and O–H groups in total. The Balaban J connectivity index is 2.00. The van der Waals surface area contributed by atoms with Gasteiger partial charge in [0, 0.05) is 11.4 Å². The number of amides is 1. The van der Waals surface area contributed by atoms with Gasteiger partial charge in [0.05, 0.1) is 15.6 Å². The molecule has 9 heteroatoms. The predicted octanol–water partition coefficient (Wildman–Crippen LogP) is 3.77. The van der Waals surface area contributed by atoms with E-state index in [-0.39, 0.29) is 28.2 Å². The maximum absolute atomic E-state index is 12.1. The van der Waals surface area contributed by atoms with Crippen LogP contribution in [0.1, 0.15) is 13.3 Å². The normalized spacial score (nSPS) is 11.2. The standard InChI is InChI=1S/C18H21ClN2O4S2/c1-3-10-20-27(23,24)13-8-9-16(14(19)11-13)25-12-18(22)21-15-6-4-5-7-17(15)26-2/h4-9,11,20H,3,10,12H2,1-2H3,(H,21,22). The van der Waals surface area contributed by atoms with Crippen LogP contribution in [-0.2, 0) is 14.8 Å². The summed E-state index contributed by atoms with van der Waals surface area (Å²) in [4.78, 5) is 13.1. The Bertz CT molecular complexity index is 904. The molecule has 0 aromatic heterocycles. The summed E-state index contributed by atoms with van der Waals surface area (Å²) < 4.78 is 32.1. The number of anilines is 1. The molecule has 2 rings (SSSR count). The van der Waals surface area contributed by atoms with Crippen LogP contribution >= 0.6 is 23.4 Å². The molecule has 0 atom stereocenters. The Morgan fingerprint density at radius 3 is 2.63 bits per heavy atom.